The summed E-state index contributed by atoms with van der Waals surface area (Å²) >= 11 is 0. The Kier molecular flexibility index (Phi) is 6.10. The maximum atomic E-state index is 14.1. The first-order valence-corrected chi connectivity index (χ1v) is 9.79. The van der Waals surface area contributed by atoms with Crippen LogP contribution >= 0.6 is 0 Å². The molecule has 0 bridgehead atoms. The fourth-order valence-corrected chi connectivity index (χ4v) is 3.68. The standard InChI is InChI=1S/C19H23FN2O4S/c1-19(2,3)26-18(23)22(13-12-14-8-10-15(21)11-9-14)27(24,25)17-7-5-4-6-16(17)20/h4-11H,12-13,21H2,1-3H3. The Balaban J connectivity index is 2.35. The van der Waals surface area contributed by atoms with Gasteiger partial charge in [0.1, 0.15) is 16.3 Å². The summed E-state index contributed by atoms with van der Waals surface area (Å²) in [5, 5.41) is 0. The molecule has 0 spiro atoms. The first-order chi connectivity index (χ1) is 12.5. The minimum absolute atomic E-state index is 0.199. The Morgan fingerprint density at radius 3 is 2.26 bits per heavy atom. The SMILES string of the molecule is CC(C)(C)OC(=O)N(CCc1ccc(N)cc1)S(=O)(=O)c1ccccc1F. The van der Waals surface area contributed by atoms with E-state index in [0.717, 1.165) is 17.7 Å². The molecule has 0 aromatic heterocycles. The number of nitrogens with zero attached hydrogens (tertiary/aromatic N) is 1. The predicted octanol–water partition coefficient (Wildman–Crippen LogP) is 3.58. The average molecular weight is 394 g/mol. The molecule has 2 N–H and O–H groups in total. The Bertz CT molecular complexity index is 906. The van der Waals surface area contributed by atoms with Gasteiger partial charge >= 0.3 is 6.09 Å². The Morgan fingerprint density at radius 1 is 1.11 bits per heavy atom. The van der Waals surface area contributed by atoms with Crippen LogP contribution in [0.2, 0.25) is 0 Å². The van der Waals surface area contributed by atoms with E-state index in [1.807, 2.05) is 0 Å². The van der Waals surface area contributed by atoms with Crippen molar-refractivity contribution in [2.45, 2.75) is 37.7 Å². The molecular formula is C19H23FN2O4S. The smallest absolute Gasteiger partial charge is 0.424 e. The number of hydrogen-bond donors (Lipinski definition) is 1. The normalized spacial score (nSPS) is 11.9. The third kappa shape index (κ3) is 5.43. The van der Waals surface area contributed by atoms with Crippen molar-refractivity contribution in [1.29, 1.82) is 0 Å². The van der Waals surface area contributed by atoms with E-state index in [1.165, 1.54) is 12.1 Å². The molecule has 27 heavy (non-hydrogen) atoms. The minimum atomic E-state index is -4.42. The molecule has 2 aromatic rings. The number of anilines is 1. The Morgan fingerprint density at radius 2 is 1.70 bits per heavy atom. The van der Waals surface area contributed by atoms with Crippen molar-refractivity contribution in [2.75, 3.05) is 12.3 Å². The molecule has 0 heterocycles. The number of carbonyl (C=O) groups is 1. The number of carbonyl (C=O) groups excluding carboxylic acids is 1. The molecule has 0 aliphatic carbocycles. The molecule has 0 aliphatic heterocycles. The molecule has 0 unspecified atom stereocenters. The highest BCUT2D eigenvalue weighted by atomic mass is 32.2. The fourth-order valence-electron chi connectivity index (χ4n) is 2.31. The lowest BCUT2D eigenvalue weighted by Gasteiger charge is -2.27. The van der Waals surface area contributed by atoms with Crippen molar-refractivity contribution in [2.24, 2.45) is 0 Å². The lowest BCUT2D eigenvalue weighted by atomic mass is 10.1. The summed E-state index contributed by atoms with van der Waals surface area (Å²) in [6.45, 7) is 4.67. The zero-order valence-corrected chi connectivity index (χ0v) is 16.3. The Hall–Kier alpha value is -2.61. The Labute approximate surface area is 158 Å². The zero-order valence-electron chi connectivity index (χ0n) is 15.5. The highest BCUT2D eigenvalue weighted by Crippen LogP contribution is 2.22. The fraction of sp³-hybridized carbons (Fsp3) is 0.316. The second kappa shape index (κ2) is 7.96. The zero-order chi connectivity index (χ0) is 20.2. The van der Waals surface area contributed by atoms with Crippen molar-refractivity contribution in [3.8, 4) is 0 Å². The monoisotopic (exact) mass is 394 g/mol. The van der Waals surface area contributed by atoms with E-state index < -0.39 is 32.4 Å². The van der Waals surface area contributed by atoms with Gasteiger partial charge in [0.05, 0.1) is 0 Å². The van der Waals surface area contributed by atoms with Gasteiger partial charge in [-0.05, 0) is 57.0 Å². The van der Waals surface area contributed by atoms with Gasteiger partial charge in [0.15, 0.2) is 0 Å². The highest BCUT2D eigenvalue weighted by molar-refractivity contribution is 7.89. The lowest BCUT2D eigenvalue weighted by Crippen LogP contribution is -2.42. The number of halogens is 1. The number of hydrogen-bond acceptors (Lipinski definition) is 5. The van der Waals surface area contributed by atoms with Crippen molar-refractivity contribution >= 4 is 21.8 Å². The van der Waals surface area contributed by atoms with Crippen molar-refractivity contribution in [3.05, 3.63) is 59.9 Å². The molecule has 0 saturated carbocycles. The van der Waals surface area contributed by atoms with Crippen LogP contribution < -0.4 is 5.73 Å². The van der Waals surface area contributed by atoms with E-state index >= 15 is 0 Å². The molecule has 6 nitrogen and oxygen atoms in total. The van der Waals surface area contributed by atoms with Crippen LogP contribution in [0.1, 0.15) is 26.3 Å². The molecule has 8 heteroatoms. The van der Waals surface area contributed by atoms with Gasteiger partial charge in [0.2, 0.25) is 0 Å². The second-order valence-electron chi connectivity index (χ2n) is 6.98. The van der Waals surface area contributed by atoms with Crippen LogP contribution in [0.5, 0.6) is 0 Å². The number of sulfonamides is 1. The lowest BCUT2D eigenvalue weighted by molar-refractivity contribution is 0.0392. The predicted molar refractivity (Wildman–Crippen MR) is 101 cm³/mol. The summed E-state index contributed by atoms with van der Waals surface area (Å²) in [7, 11) is -4.42. The first-order valence-electron chi connectivity index (χ1n) is 8.35. The van der Waals surface area contributed by atoms with E-state index in [2.05, 4.69) is 0 Å². The van der Waals surface area contributed by atoms with Crippen molar-refractivity contribution in [3.63, 3.8) is 0 Å². The molecule has 2 rings (SSSR count). The molecule has 0 atom stereocenters. The van der Waals surface area contributed by atoms with E-state index in [0.29, 0.717) is 9.99 Å². The summed E-state index contributed by atoms with van der Waals surface area (Å²) in [6.07, 6.45) is -0.825. The van der Waals surface area contributed by atoms with Crippen LogP contribution in [0.4, 0.5) is 14.9 Å². The van der Waals surface area contributed by atoms with Crippen LogP contribution in [0.25, 0.3) is 0 Å². The molecule has 2 aromatic carbocycles. The van der Waals surface area contributed by atoms with Gasteiger partial charge in [-0.2, -0.15) is 4.31 Å². The largest absolute Gasteiger partial charge is 0.443 e. The van der Waals surface area contributed by atoms with Gasteiger partial charge in [-0.1, -0.05) is 24.3 Å². The van der Waals surface area contributed by atoms with E-state index in [4.69, 9.17) is 10.5 Å². The van der Waals surface area contributed by atoms with Gasteiger partial charge in [-0.3, -0.25) is 0 Å². The van der Waals surface area contributed by atoms with Gasteiger partial charge in [0.25, 0.3) is 10.0 Å². The molecule has 146 valence electrons. The quantitative estimate of drug-likeness (QED) is 0.783. The number of nitrogen functional groups attached to an aromatic ring is 1. The van der Waals surface area contributed by atoms with Crippen LogP contribution in [-0.2, 0) is 21.2 Å². The van der Waals surface area contributed by atoms with Crippen LogP contribution in [0.3, 0.4) is 0 Å². The summed E-state index contributed by atoms with van der Waals surface area (Å²) in [5.74, 6) is -0.932. The first kappa shape index (κ1) is 20.7. The van der Waals surface area contributed by atoms with Crippen LogP contribution in [-0.4, -0.2) is 31.0 Å². The van der Waals surface area contributed by atoms with Gasteiger partial charge in [-0.25, -0.2) is 17.6 Å². The highest BCUT2D eigenvalue weighted by Gasteiger charge is 2.34. The third-order valence-electron chi connectivity index (χ3n) is 3.59. The minimum Gasteiger partial charge on any atom is -0.443 e. The topological polar surface area (TPSA) is 89.7 Å². The average Bonchev–Trinajstić information content (AvgIpc) is 2.55. The third-order valence-corrected chi connectivity index (χ3v) is 5.38. The van der Waals surface area contributed by atoms with Crippen LogP contribution in [0.15, 0.2) is 53.4 Å². The van der Waals surface area contributed by atoms with E-state index in [1.54, 1.807) is 45.0 Å². The van der Waals surface area contributed by atoms with Crippen molar-refractivity contribution in [1.82, 2.24) is 4.31 Å². The summed E-state index contributed by atoms with van der Waals surface area (Å²) in [4.78, 5) is 12.0. The summed E-state index contributed by atoms with van der Waals surface area (Å²) in [6, 6.07) is 11.7. The van der Waals surface area contributed by atoms with E-state index in [9.17, 15) is 17.6 Å². The van der Waals surface area contributed by atoms with E-state index in [-0.39, 0.29) is 13.0 Å². The van der Waals surface area contributed by atoms with Gasteiger partial charge in [-0.15, -0.1) is 0 Å². The molecular weight excluding hydrogens is 371 g/mol. The number of amides is 1. The number of ether oxygens (including phenoxy) is 1. The summed E-state index contributed by atoms with van der Waals surface area (Å²) in [5.41, 5.74) is 6.09. The maximum absolute atomic E-state index is 14.1. The molecule has 0 fully saturated rings. The maximum Gasteiger partial charge on any atom is 0.424 e. The number of nitrogens with two attached hydrogens (primary N) is 1. The molecule has 1 amide bonds. The van der Waals surface area contributed by atoms with Gasteiger partial charge < -0.3 is 10.5 Å². The van der Waals surface area contributed by atoms with Gasteiger partial charge in [0, 0.05) is 12.2 Å². The molecule has 0 aliphatic rings. The molecule has 0 saturated heterocycles. The number of benzene rings is 2. The second-order valence-corrected chi connectivity index (χ2v) is 8.81. The summed E-state index contributed by atoms with van der Waals surface area (Å²) < 4.78 is 45.7. The molecule has 0 radical (unpaired) electrons. The van der Waals surface area contributed by atoms with Crippen LogP contribution in [0, 0.1) is 5.82 Å². The number of rotatable bonds is 5. The van der Waals surface area contributed by atoms with Crippen molar-refractivity contribution < 1.29 is 22.3 Å².